The molecule has 2 aromatic carbocycles. The Morgan fingerprint density at radius 3 is 2.47 bits per heavy atom. The maximum Gasteiger partial charge on any atom is 0.104 e. The third-order valence-corrected chi connectivity index (χ3v) is 4.42. The zero-order valence-corrected chi connectivity index (χ0v) is 13.5. The predicted molar refractivity (Wildman–Crippen MR) is 89.8 cm³/mol. The summed E-state index contributed by atoms with van der Waals surface area (Å²) in [6.45, 7) is 0. The first-order valence-electron chi connectivity index (χ1n) is 5.29. The van der Waals surface area contributed by atoms with Crippen LogP contribution >= 0.6 is 51.3 Å². The molecule has 0 unspecified atom stereocenters. The van der Waals surface area contributed by atoms with Gasteiger partial charge in [0.1, 0.15) is 4.99 Å². The Labute approximate surface area is 135 Å². The van der Waals surface area contributed by atoms with Gasteiger partial charge < -0.3 is 11.1 Å². The molecule has 0 atom stereocenters. The van der Waals surface area contributed by atoms with E-state index in [0.29, 0.717) is 15.0 Å². The van der Waals surface area contributed by atoms with E-state index in [0.717, 1.165) is 21.4 Å². The Morgan fingerprint density at radius 1 is 1.11 bits per heavy atom. The quantitative estimate of drug-likeness (QED) is 0.730. The van der Waals surface area contributed by atoms with Crippen LogP contribution in [0, 0.1) is 0 Å². The number of hydrogen-bond donors (Lipinski definition) is 2. The molecule has 3 N–H and O–H groups in total. The van der Waals surface area contributed by atoms with Crippen molar-refractivity contribution in [3.05, 3.63) is 56.5 Å². The minimum absolute atomic E-state index is 0.317. The zero-order chi connectivity index (χ0) is 14.0. The number of halogens is 3. The predicted octanol–water partition coefficient (Wildman–Crippen LogP) is 5.13. The van der Waals surface area contributed by atoms with Gasteiger partial charge in [-0.15, -0.1) is 0 Å². The Bertz CT molecular complexity index is 647. The molecule has 19 heavy (non-hydrogen) atoms. The molecule has 0 heterocycles. The first kappa shape index (κ1) is 14.6. The van der Waals surface area contributed by atoms with Crippen LogP contribution in [0.1, 0.15) is 5.56 Å². The summed E-state index contributed by atoms with van der Waals surface area (Å²) in [5.41, 5.74) is 7.87. The minimum atomic E-state index is 0.317. The average molecular weight is 376 g/mol. The standard InChI is InChI=1S/C13H9BrCl2N2S/c14-12-8(15)2-1-3-11(12)18-10-5-4-7(13(17)19)6-9(10)16/h1-6,18H,(H2,17,19). The van der Waals surface area contributed by atoms with Crippen LogP contribution in [0.5, 0.6) is 0 Å². The van der Waals surface area contributed by atoms with Crippen molar-refractivity contribution in [3.8, 4) is 0 Å². The summed E-state index contributed by atoms with van der Waals surface area (Å²) in [7, 11) is 0. The third-order valence-electron chi connectivity index (χ3n) is 2.47. The Morgan fingerprint density at radius 2 is 1.84 bits per heavy atom. The SMILES string of the molecule is NC(=S)c1ccc(Nc2cccc(Cl)c2Br)c(Cl)c1. The van der Waals surface area contributed by atoms with Gasteiger partial charge in [0.2, 0.25) is 0 Å². The summed E-state index contributed by atoms with van der Waals surface area (Å²) in [5.74, 6) is 0. The molecule has 2 rings (SSSR count). The van der Waals surface area contributed by atoms with Crippen molar-refractivity contribution in [2.45, 2.75) is 0 Å². The number of thiocarbonyl (C=S) groups is 1. The average Bonchev–Trinajstić information content (AvgIpc) is 2.37. The lowest BCUT2D eigenvalue weighted by Gasteiger charge is -2.12. The van der Waals surface area contributed by atoms with Gasteiger partial charge in [0.05, 0.1) is 25.9 Å². The largest absolute Gasteiger partial charge is 0.389 e. The van der Waals surface area contributed by atoms with Crippen LogP contribution < -0.4 is 11.1 Å². The molecule has 0 aliphatic rings. The fourth-order valence-corrected chi connectivity index (χ4v) is 2.41. The van der Waals surface area contributed by atoms with E-state index >= 15 is 0 Å². The molecule has 2 aromatic rings. The highest BCUT2D eigenvalue weighted by atomic mass is 79.9. The van der Waals surface area contributed by atoms with Crippen LogP contribution in [0.4, 0.5) is 11.4 Å². The molecule has 0 aromatic heterocycles. The second kappa shape index (κ2) is 6.09. The maximum atomic E-state index is 6.19. The molecule has 0 saturated carbocycles. The van der Waals surface area contributed by atoms with Crippen molar-refractivity contribution >= 4 is 67.7 Å². The summed E-state index contributed by atoms with van der Waals surface area (Å²) >= 11 is 20.6. The smallest absolute Gasteiger partial charge is 0.104 e. The molecule has 0 fully saturated rings. The highest BCUT2D eigenvalue weighted by Gasteiger charge is 2.07. The summed E-state index contributed by atoms with van der Waals surface area (Å²) in [4.78, 5) is 0.317. The van der Waals surface area contributed by atoms with Gasteiger partial charge in [0, 0.05) is 5.56 Å². The molecule has 2 nitrogen and oxygen atoms in total. The van der Waals surface area contributed by atoms with Gasteiger partial charge in [-0.2, -0.15) is 0 Å². The number of rotatable bonds is 3. The summed E-state index contributed by atoms with van der Waals surface area (Å²) < 4.78 is 0.783. The first-order chi connectivity index (χ1) is 8.99. The number of benzene rings is 2. The molecule has 0 aliphatic heterocycles. The van der Waals surface area contributed by atoms with E-state index < -0.39 is 0 Å². The number of hydrogen-bond acceptors (Lipinski definition) is 2. The normalized spacial score (nSPS) is 10.3. The van der Waals surface area contributed by atoms with Crippen LogP contribution in [-0.4, -0.2) is 4.99 Å². The number of nitrogens with two attached hydrogens (primary N) is 1. The lowest BCUT2D eigenvalue weighted by molar-refractivity contribution is 1.51. The van der Waals surface area contributed by atoms with Crippen LogP contribution in [0.2, 0.25) is 10.0 Å². The van der Waals surface area contributed by atoms with E-state index in [2.05, 4.69) is 21.2 Å². The number of anilines is 2. The van der Waals surface area contributed by atoms with Crippen molar-refractivity contribution in [1.82, 2.24) is 0 Å². The second-order valence-corrected chi connectivity index (χ2v) is 5.83. The van der Waals surface area contributed by atoms with Crippen molar-refractivity contribution in [2.75, 3.05) is 5.32 Å². The highest BCUT2D eigenvalue weighted by molar-refractivity contribution is 9.10. The van der Waals surface area contributed by atoms with Crippen LogP contribution in [0.15, 0.2) is 40.9 Å². The molecule has 0 aliphatic carbocycles. The van der Waals surface area contributed by atoms with E-state index in [1.165, 1.54) is 0 Å². The summed E-state index contributed by atoms with van der Waals surface area (Å²) in [6.07, 6.45) is 0. The molecule has 0 amide bonds. The number of nitrogens with one attached hydrogen (secondary N) is 1. The molecule has 0 saturated heterocycles. The fraction of sp³-hybridized carbons (Fsp3) is 0. The lowest BCUT2D eigenvalue weighted by Crippen LogP contribution is -2.09. The van der Waals surface area contributed by atoms with E-state index in [1.807, 2.05) is 24.3 Å². The molecule has 0 spiro atoms. The monoisotopic (exact) mass is 374 g/mol. The van der Waals surface area contributed by atoms with E-state index in [1.54, 1.807) is 12.1 Å². The molecule has 98 valence electrons. The van der Waals surface area contributed by atoms with Gasteiger partial charge in [-0.1, -0.05) is 41.5 Å². The molecule has 6 heteroatoms. The third kappa shape index (κ3) is 3.39. The van der Waals surface area contributed by atoms with Gasteiger partial charge in [-0.05, 0) is 46.3 Å². The van der Waals surface area contributed by atoms with Crippen molar-refractivity contribution in [3.63, 3.8) is 0 Å². The van der Waals surface area contributed by atoms with Crippen molar-refractivity contribution in [1.29, 1.82) is 0 Å². The van der Waals surface area contributed by atoms with Crippen molar-refractivity contribution < 1.29 is 0 Å². The molecule has 0 bridgehead atoms. The zero-order valence-electron chi connectivity index (χ0n) is 9.58. The van der Waals surface area contributed by atoms with Gasteiger partial charge in [-0.3, -0.25) is 0 Å². The van der Waals surface area contributed by atoms with Gasteiger partial charge in [0.15, 0.2) is 0 Å². The second-order valence-electron chi connectivity index (χ2n) is 3.79. The van der Waals surface area contributed by atoms with Crippen LogP contribution in [-0.2, 0) is 0 Å². The lowest BCUT2D eigenvalue weighted by atomic mass is 10.2. The molecule has 0 radical (unpaired) electrons. The van der Waals surface area contributed by atoms with Gasteiger partial charge in [-0.25, -0.2) is 0 Å². The Hall–Kier alpha value is -0.810. The van der Waals surface area contributed by atoms with E-state index in [9.17, 15) is 0 Å². The van der Waals surface area contributed by atoms with Crippen LogP contribution in [0.3, 0.4) is 0 Å². The highest BCUT2D eigenvalue weighted by Crippen LogP contribution is 2.34. The van der Waals surface area contributed by atoms with E-state index in [4.69, 9.17) is 41.2 Å². The summed E-state index contributed by atoms with van der Waals surface area (Å²) in [6, 6.07) is 10.9. The first-order valence-corrected chi connectivity index (χ1v) is 7.25. The molecular formula is C13H9BrCl2N2S. The molecular weight excluding hydrogens is 367 g/mol. The fourth-order valence-electron chi connectivity index (χ4n) is 1.52. The van der Waals surface area contributed by atoms with Crippen molar-refractivity contribution in [2.24, 2.45) is 5.73 Å². The van der Waals surface area contributed by atoms with E-state index in [-0.39, 0.29) is 0 Å². The Balaban J connectivity index is 2.34. The minimum Gasteiger partial charge on any atom is -0.389 e. The van der Waals surface area contributed by atoms with Gasteiger partial charge >= 0.3 is 0 Å². The maximum absolute atomic E-state index is 6.19. The van der Waals surface area contributed by atoms with Gasteiger partial charge in [0.25, 0.3) is 0 Å². The summed E-state index contributed by atoms with van der Waals surface area (Å²) in [5, 5.41) is 4.36. The van der Waals surface area contributed by atoms with Crippen LogP contribution in [0.25, 0.3) is 0 Å². The Kier molecular flexibility index (Phi) is 4.68. The topological polar surface area (TPSA) is 38.0 Å².